The summed E-state index contributed by atoms with van der Waals surface area (Å²) in [6.07, 6.45) is 0.281. The predicted octanol–water partition coefficient (Wildman–Crippen LogP) is 4.31. The second-order valence-electron chi connectivity index (χ2n) is 9.05. The second-order valence-corrected chi connectivity index (χ2v) is 9.49. The Hall–Kier alpha value is -3.32. The van der Waals surface area contributed by atoms with Crippen LogP contribution in [-0.4, -0.2) is 46.7 Å². The van der Waals surface area contributed by atoms with E-state index in [0.29, 0.717) is 17.9 Å². The van der Waals surface area contributed by atoms with Gasteiger partial charge in [0.2, 0.25) is 5.91 Å². The van der Waals surface area contributed by atoms with E-state index in [2.05, 4.69) is 9.88 Å². The summed E-state index contributed by atoms with van der Waals surface area (Å²) < 4.78 is 5.96. The van der Waals surface area contributed by atoms with Gasteiger partial charge in [0.1, 0.15) is 18.5 Å². The number of rotatable bonds is 8. The van der Waals surface area contributed by atoms with Gasteiger partial charge in [-0.2, -0.15) is 0 Å². The van der Waals surface area contributed by atoms with Crippen LogP contribution >= 0.6 is 11.6 Å². The highest BCUT2D eigenvalue weighted by Crippen LogP contribution is 2.30. The van der Waals surface area contributed by atoms with Crippen LogP contribution in [0.25, 0.3) is 22.0 Å². The highest BCUT2D eigenvalue weighted by molar-refractivity contribution is 6.31. The van der Waals surface area contributed by atoms with Gasteiger partial charge in [0.05, 0.1) is 6.42 Å². The summed E-state index contributed by atoms with van der Waals surface area (Å²) in [5.74, 6) is 0.137. The van der Waals surface area contributed by atoms with Crippen molar-refractivity contribution in [1.82, 2.24) is 9.88 Å². The highest BCUT2D eigenvalue weighted by Gasteiger charge is 2.23. The van der Waals surface area contributed by atoms with Crippen molar-refractivity contribution in [2.24, 2.45) is 5.73 Å². The summed E-state index contributed by atoms with van der Waals surface area (Å²) in [5, 5.41) is 12.6. The molecule has 0 bridgehead atoms. The van der Waals surface area contributed by atoms with Gasteiger partial charge in [-0.05, 0) is 47.0 Å². The largest absolute Gasteiger partial charge is 0.491 e. The van der Waals surface area contributed by atoms with E-state index in [4.69, 9.17) is 22.1 Å². The molecule has 6 nitrogen and oxygen atoms in total. The number of hydrogen-bond acceptors (Lipinski definition) is 4. The Labute approximate surface area is 209 Å². The van der Waals surface area contributed by atoms with Gasteiger partial charge in [0, 0.05) is 53.2 Å². The van der Waals surface area contributed by atoms with E-state index >= 15 is 0 Å². The van der Waals surface area contributed by atoms with E-state index in [1.807, 2.05) is 66.7 Å². The minimum atomic E-state index is -0.680. The zero-order chi connectivity index (χ0) is 24.4. The van der Waals surface area contributed by atoms with Crippen LogP contribution < -0.4 is 10.5 Å². The summed E-state index contributed by atoms with van der Waals surface area (Å²) in [4.78, 5) is 17.4. The number of hydrogen-bond donors (Lipinski definition) is 3. The van der Waals surface area contributed by atoms with Crippen LogP contribution in [0.5, 0.6) is 5.75 Å². The molecule has 0 fully saturated rings. The lowest BCUT2D eigenvalue weighted by Crippen LogP contribution is -2.38. The first-order valence-corrected chi connectivity index (χ1v) is 12.1. The van der Waals surface area contributed by atoms with Crippen LogP contribution in [0.2, 0.25) is 5.02 Å². The quantitative estimate of drug-likeness (QED) is 0.344. The predicted molar refractivity (Wildman–Crippen MR) is 139 cm³/mol. The normalized spacial score (nSPS) is 14.6. The third-order valence-corrected chi connectivity index (χ3v) is 6.68. The summed E-state index contributed by atoms with van der Waals surface area (Å²) in [6.45, 7) is 2.20. The molecule has 35 heavy (non-hydrogen) atoms. The van der Waals surface area contributed by atoms with E-state index in [1.54, 1.807) is 0 Å². The average molecular weight is 490 g/mol. The third kappa shape index (κ3) is 5.35. The number of fused-ring (bicyclic) bond motifs is 3. The Morgan fingerprint density at radius 1 is 1.11 bits per heavy atom. The van der Waals surface area contributed by atoms with Crippen molar-refractivity contribution in [2.45, 2.75) is 25.5 Å². The van der Waals surface area contributed by atoms with Crippen molar-refractivity contribution in [3.8, 4) is 16.9 Å². The van der Waals surface area contributed by atoms with Gasteiger partial charge in [0.25, 0.3) is 0 Å². The molecule has 2 heterocycles. The number of aliphatic hydroxyl groups is 1. The first-order chi connectivity index (χ1) is 17.0. The van der Waals surface area contributed by atoms with Crippen molar-refractivity contribution < 1.29 is 14.6 Å². The molecule has 0 saturated carbocycles. The fourth-order valence-electron chi connectivity index (χ4n) is 4.79. The SMILES string of the molecule is NC(=O)Cc1cc(-c2ccccc2)ccc1OCC(O)CN1CCc2[nH]c3ccc(Cl)cc3c2C1. The zero-order valence-corrected chi connectivity index (χ0v) is 20.1. The van der Waals surface area contributed by atoms with Gasteiger partial charge < -0.3 is 20.6 Å². The molecule has 0 aliphatic carbocycles. The molecule has 5 rings (SSSR count). The first kappa shape index (κ1) is 23.4. The molecule has 180 valence electrons. The number of aromatic amines is 1. The lowest BCUT2D eigenvalue weighted by atomic mass is 10.0. The minimum Gasteiger partial charge on any atom is -0.491 e. The summed E-state index contributed by atoms with van der Waals surface area (Å²) in [7, 11) is 0. The molecule has 0 saturated heterocycles. The average Bonchev–Trinajstić information content (AvgIpc) is 3.20. The van der Waals surface area contributed by atoms with Crippen LogP contribution in [0, 0.1) is 0 Å². The number of primary amides is 1. The first-order valence-electron chi connectivity index (χ1n) is 11.7. The maximum atomic E-state index is 11.7. The van der Waals surface area contributed by atoms with Crippen LogP contribution in [0.4, 0.5) is 0 Å². The number of carbonyl (C=O) groups is 1. The Kier molecular flexibility index (Phi) is 6.77. The number of H-pyrrole nitrogens is 1. The fraction of sp³-hybridized carbons (Fsp3) is 0.250. The van der Waals surface area contributed by atoms with Gasteiger partial charge in [-0.3, -0.25) is 9.69 Å². The molecule has 1 aliphatic heterocycles. The van der Waals surface area contributed by atoms with Crippen LogP contribution in [0.1, 0.15) is 16.8 Å². The van der Waals surface area contributed by atoms with Crippen LogP contribution in [0.3, 0.4) is 0 Å². The Morgan fingerprint density at radius 2 is 1.94 bits per heavy atom. The number of nitrogens with zero attached hydrogens (tertiary/aromatic N) is 1. The number of ether oxygens (including phenoxy) is 1. The van der Waals surface area contributed by atoms with Crippen molar-refractivity contribution in [3.63, 3.8) is 0 Å². The summed E-state index contributed by atoms with van der Waals surface area (Å²) in [6, 6.07) is 21.6. The summed E-state index contributed by atoms with van der Waals surface area (Å²) >= 11 is 6.21. The molecule has 0 radical (unpaired) electrons. The summed E-state index contributed by atoms with van der Waals surface area (Å²) in [5.41, 5.74) is 11.8. The number of aliphatic hydroxyl groups excluding tert-OH is 1. The van der Waals surface area contributed by atoms with Crippen molar-refractivity contribution >= 4 is 28.4 Å². The number of halogens is 1. The molecule has 7 heteroatoms. The molecular weight excluding hydrogens is 462 g/mol. The maximum absolute atomic E-state index is 11.7. The number of β-amino-alcohol motifs (C(OH)–C–C–N with tert-alkyl or cyclic N) is 1. The molecule has 0 spiro atoms. The molecule has 1 aromatic heterocycles. The van der Waals surface area contributed by atoms with Crippen molar-refractivity contribution in [1.29, 1.82) is 0 Å². The monoisotopic (exact) mass is 489 g/mol. The zero-order valence-electron chi connectivity index (χ0n) is 19.3. The number of carbonyl (C=O) groups excluding carboxylic acids is 1. The minimum absolute atomic E-state index is 0.0735. The molecule has 1 atom stereocenters. The molecule has 3 aromatic carbocycles. The van der Waals surface area contributed by atoms with E-state index in [9.17, 15) is 9.90 Å². The molecular formula is C28H28ClN3O3. The lowest BCUT2D eigenvalue weighted by Gasteiger charge is -2.29. The van der Waals surface area contributed by atoms with Crippen molar-refractivity contribution in [2.75, 3.05) is 19.7 Å². The highest BCUT2D eigenvalue weighted by atomic mass is 35.5. The topological polar surface area (TPSA) is 91.6 Å². The fourth-order valence-corrected chi connectivity index (χ4v) is 4.96. The molecule has 4 N–H and O–H groups in total. The Bertz CT molecular complexity index is 1350. The van der Waals surface area contributed by atoms with Gasteiger partial charge in [-0.1, -0.05) is 48.0 Å². The van der Waals surface area contributed by atoms with E-state index < -0.39 is 12.0 Å². The van der Waals surface area contributed by atoms with Crippen LogP contribution in [-0.2, 0) is 24.2 Å². The number of amides is 1. The van der Waals surface area contributed by atoms with Crippen molar-refractivity contribution in [3.05, 3.63) is 88.6 Å². The Morgan fingerprint density at radius 3 is 2.74 bits per heavy atom. The number of nitrogens with one attached hydrogen (secondary N) is 1. The van der Waals surface area contributed by atoms with E-state index in [-0.39, 0.29) is 13.0 Å². The third-order valence-electron chi connectivity index (χ3n) is 6.45. The second kappa shape index (κ2) is 10.1. The van der Waals surface area contributed by atoms with Gasteiger partial charge in [0.15, 0.2) is 0 Å². The van der Waals surface area contributed by atoms with Gasteiger partial charge in [-0.15, -0.1) is 0 Å². The van der Waals surface area contributed by atoms with Gasteiger partial charge in [-0.25, -0.2) is 0 Å². The van der Waals surface area contributed by atoms with E-state index in [1.165, 1.54) is 11.3 Å². The molecule has 1 unspecified atom stereocenters. The molecule has 1 aliphatic rings. The number of benzene rings is 3. The Balaban J connectivity index is 1.25. The lowest BCUT2D eigenvalue weighted by molar-refractivity contribution is -0.117. The molecule has 4 aromatic rings. The van der Waals surface area contributed by atoms with E-state index in [0.717, 1.165) is 46.6 Å². The maximum Gasteiger partial charge on any atom is 0.221 e. The number of nitrogens with two attached hydrogens (primary N) is 1. The smallest absolute Gasteiger partial charge is 0.221 e. The standard InChI is InChI=1S/C28H28ClN3O3/c29-21-7-8-25-23(14-21)24-16-32(11-10-26(24)31-25)15-22(33)17-35-27-9-6-19(12-20(27)13-28(30)34)18-4-2-1-3-5-18/h1-9,12,14,22,31,33H,10-11,13,15-17H2,(H2,30,34). The number of aromatic nitrogens is 1. The van der Waals surface area contributed by atoms with Gasteiger partial charge >= 0.3 is 0 Å². The molecule has 1 amide bonds. The van der Waals surface area contributed by atoms with Crippen LogP contribution in [0.15, 0.2) is 66.7 Å².